The van der Waals surface area contributed by atoms with Crippen molar-refractivity contribution >= 4 is 26.0 Å². The maximum absolute atomic E-state index is 10.6. The molecule has 0 aliphatic carbocycles. The zero-order valence-corrected chi connectivity index (χ0v) is 11.7. The zero-order chi connectivity index (χ0) is 9.35. The van der Waals surface area contributed by atoms with E-state index in [9.17, 15) is 8.42 Å². The van der Waals surface area contributed by atoms with Gasteiger partial charge in [0.1, 0.15) is 0 Å². The molecule has 0 fully saturated rings. The van der Waals surface area contributed by atoms with Crippen LogP contribution in [0.5, 0.6) is 0 Å². The summed E-state index contributed by atoms with van der Waals surface area (Å²) in [4.78, 5) is -0.0804. The van der Waals surface area contributed by atoms with Gasteiger partial charge in [0.15, 0.2) is 0 Å². The van der Waals surface area contributed by atoms with E-state index in [0.717, 1.165) is 10.0 Å². The van der Waals surface area contributed by atoms with Gasteiger partial charge in [-0.2, -0.15) is 8.42 Å². The summed E-state index contributed by atoms with van der Waals surface area (Å²) >= 11 is 3.22. The van der Waals surface area contributed by atoms with Crippen LogP contribution < -0.4 is 29.6 Å². The van der Waals surface area contributed by atoms with E-state index in [1.54, 1.807) is 13.0 Å². The quantitative estimate of drug-likeness (QED) is 0.528. The SMILES string of the molecule is Cc1cc(S(=O)(=O)O)ccc1Br.[Na+]. The molecule has 0 amide bonds. The van der Waals surface area contributed by atoms with Crippen LogP contribution in [0.15, 0.2) is 27.6 Å². The van der Waals surface area contributed by atoms with Crippen LogP contribution in [0.25, 0.3) is 0 Å². The van der Waals surface area contributed by atoms with Crippen LogP contribution in [0, 0.1) is 6.92 Å². The molecule has 0 spiro atoms. The summed E-state index contributed by atoms with van der Waals surface area (Å²) in [6.45, 7) is 1.75. The second-order valence-corrected chi connectivity index (χ2v) is 4.66. The molecule has 1 aromatic rings. The number of aryl methyl sites for hydroxylation is 1. The Kier molecular flexibility index (Phi) is 5.14. The van der Waals surface area contributed by atoms with Crippen LogP contribution >= 0.6 is 15.9 Å². The Labute approximate surface area is 108 Å². The monoisotopic (exact) mass is 273 g/mol. The zero-order valence-electron chi connectivity index (χ0n) is 7.28. The molecule has 1 rings (SSSR count). The van der Waals surface area contributed by atoms with Crippen molar-refractivity contribution in [2.75, 3.05) is 0 Å². The maximum Gasteiger partial charge on any atom is 1.00 e. The number of hydrogen-bond acceptors (Lipinski definition) is 2. The molecule has 13 heavy (non-hydrogen) atoms. The minimum Gasteiger partial charge on any atom is -0.282 e. The standard InChI is InChI=1S/C7H7BrO3S.Na/c1-5-4-6(12(9,10)11)2-3-7(5)8;/h2-4H,1H3,(H,9,10,11);/q;+1. The van der Waals surface area contributed by atoms with Crippen LogP contribution in [0.2, 0.25) is 0 Å². The molecule has 0 radical (unpaired) electrons. The van der Waals surface area contributed by atoms with Crippen molar-refractivity contribution in [3.8, 4) is 0 Å². The number of rotatable bonds is 1. The summed E-state index contributed by atoms with van der Waals surface area (Å²) in [5, 5.41) is 0. The average molecular weight is 274 g/mol. The molecule has 0 aliphatic rings. The van der Waals surface area contributed by atoms with Gasteiger partial charge in [0, 0.05) is 4.47 Å². The molecule has 3 nitrogen and oxygen atoms in total. The predicted molar refractivity (Wildman–Crippen MR) is 48.7 cm³/mol. The minimum atomic E-state index is -4.06. The van der Waals surface area contributed by atoms with Gasteiger partial charge in [-0.15, -0.1) is 0 Å². The first-order chi connectivity index (χ1) is 5.41. The third kappa shape index (κ3) is 3.69. The van der Waals surface area contributed by atoms with Crippen molar-refractivity contribution in [1.29, 1.82) is 0 Å². The summed E-state index contributed by atoms with van der Waals surface area (Å²) in [5.41, 5.74) is 0.769. The fourth-order valence-corrected chi connectivity index (χ4v) is 1.59. The first-order valence-corrected chi connectivity index (χ1v) is 5.38. The van der Waals surface area contributed by atoms with Crippen molar-refractivity contribution in [2.24, 2.45) is 0 Å². The van der Waals surface area contributed by atoms with Crippen molar-refractivity contribution in [2.45, 2.75) is 11.8 Å². The van der Waals surface area contributed by atoms with Crippen molar-refractivity contribution in [3.63, 3.8) is 0 Å². The van der Waals surface area contributed by atoms with Gasteiger partial charge >= 0.3 is 29.6 Å². The first kappa shape index (κ1) is 13.6. The number of hydrogen-bond donors (Lipinski definition) is 1. The molecule has 66 valence electrons. The fourth-order valence-electron chi connectivity index (χ4n) is 0.778. The first-order valence-electron chi connectivity index (χ1n) is 3.15. The van der Waals surface area contributed by atoms with Crippen LogP contribution in [0.1, 0.15) is 5.56 Å². The van der Waals surface area contributed by atoms with E-state index in [0.29, 0.717) is 0 Å². The van der Waals surface area contributed by atoms with Gasteiger partial charge in [-0.25, -0.2) is 0 Å². The Bertz CT molecular complexity index is 402. The second kappa shape index (κ2) is 4.91. The van der Waals surface area contributed by atoms with Crippen LogP contribution in [-0.4, -0.2) is 13.0 Å². The molecule has 0 bridgehead atoms. The van der Waals surface area contributed by atoms with Crippen LogP contribution in [0.4, 0.5) is 0 Å². The molecule has 0 saturated carbocycles. The molecule has 0 saturated heterocycles. The third-order valence-electron chi connectivity index (χ3n) is 1.43. The molecule has 6 heteroatoms. The summed E-state index contributed by atoms with van der Waals surface area (Å²) in [6.07, 6.45) is 0. The summed E-state index contributed by atoms with van der Waals surface area (Å²) < 4.78 is 30.7. The molecule has 0 unspecified atom stereocenters. The van der Waals surface area contributed by atoms with Gasteiger partial charge in [-0.1, -0.05) is 15.9 Å². The van der Waals surface area contributed by atoms with Gasteiger partial charge < -0.3 is 0 Å². The summed E-state index contributed by atoms with van der Waals surface area (Å²) in [6, 6.07) is 4.32. The maximum atomic E-state index is 10.6. The molecule has 0 atom stereocenters. The molecule has 0 aromatic heterocycles. The Morgan fingerprint density at radius 3 is 2.31 bits per heavy atom. The van der Waals surface area contributed by atoms with Gasteiger partial charge in [0.2, 0.25) is 0 Å². The van der Waals surface area contributed by atoms with E-state index >= 15 is 0 Å². The van der Waals surface area contributed by atoms with Crippen molar-refractivity contribution in [3.05, 3.63) is 28.2 Å². The van der Waals surface area contributed by atoms with Gasteiger partial charge in [-0.3, -0.25) is 4.55 Å². The van der Waals surface area contributed by atoms with Crippen molar-refractivity contribution in [1.82, 2.24) is 0 Å². The van der Waals surface area contributed by atoms with E-state index in [4.69, 9.17) is 4.55 Å². The molecule has 1 aromatic carbocycles. The molecule has 1 N–H and O–H groups in total. The van der Waals surface area contributed by atoms with E-state index < -0.39 is 10.1 Å². The second-order valence-electron chi connectivity index (χ2n) is 2.39. The Hall–Kier alpha value is 0.610. The predicted octanol–water partition coefficient (Wildman–Crippen LogP) is -0.992. The molecule has 0 aliphatic heterocycles. The van der Waals surface area contributed by atoms with E-state index in [1.807, 2.05) is 0 Å². The topological polar surface area (TPSA) is 54.4 Å². The van der Waals surface area contributed by atoms with Crippen LogP contribution in [0.3, 0.4) is 0 Å². The van der Waals surface area contributed by atoms with Gasteiger partial charge in [0.25, 0.3) is 10.1 Å². The Morgan fingerprint density at radius 2 is 1.92 bits per heavy atom. The molecular weight excluding hydrogens is 267 g/mol. The number of benzene rings is 1. The van der Waals surface area contributed by atoms with Gasteiger partial charge in [-0.05, 0) is 30.7 Å². The van der Waals surface area contributed by atoms with E-state index in [1.165, 1.54) is 12.1 Å². The molecule has 0 heterocycles. The normalized spacial score (nSPS) is 10.7. The Balaban J connectivity index is 0.00000144. The largest absolute Gasteiger partial charge is 1.00 e. The minimum absolute atomic E-state index is 0. The van der Waals surface area contributed by atoms with Crippen LogP contribution in [-0.2, 0) is 10.1 Å². The van der Waals surface area contributed by atoms with E-state index in [2.05, 4.69) is 15.9 Å². The average Bonchev–Trinajstić information content (AvgIpc) is 1.92. The summed E-state index contributed by atoms with van der Waals surface area (Å²) in [5.74, 6) is 0. The fraction of sp³-hybridized carbons (Fsp3) is 0.143. The number of halogens is 1. The Morgan fingerprint density at radius 1 is 1.38 bits per heavy atom. The third-order valence-corrected chi connectivity index (χ3v) is 3.17. The van der Waals surface area contributed by atoms with Crippen molar-refractivity contribution < 1.29 is 42.5 Å². The van der Waals surface area contributed by atoms with E-state index in [-0.39, 0.29) is 34.5 Å². The van der Waals surface area contributed by atoms with Gasteiger partial charge in [0.05, 0.1) is 4.90 Å². The summed E-state index contributed by atoms with van der Waals surface area (Å²) in [7, 11) is -4.06. The smallest absolute Gasteiger partial charge is 0.282 e. The molecular formula is C7H7BrNaO3S+.